The maximum absolute atomic E-state index is 13.7. The van der Waals surface area contributed by atoms with Crippen LogP contribution in [0.5, 0.6) is 0 Å². The molecule has 0 aliphatic rings. The van der Waals surface area contributed by atoms with Crippen molar-refractivity contribution >= 4 is 5.91 Å². The number of amides is 1. The van der Waals surface area contributed by atoms with E-state index in [0.29, 0.717) is 19.5 Å². The summed E-state index contributed by atoms with van der Waals surface area (Å²) in [5, 5.41) is 0. The zero-order chi connectivity index (χ0) is 13.8. The number of hydrogen-bond acceptors (Lipinski definition) is 1. The van der Waals surface area contributed by atoms with Gasteiger partial charge in [0, 0.05) is 13.1 Å². The van der Waals surface area contributed by atoms with Crippen LogP contribution in [0.3, 0.4) is 0 Å². The molecule has 104 valence electrons. The van der Waals surface area contributed by atoms with Crippen LogP contribution in [0.1, 0.15) is 45.4 Å². The second-order valence-corrected chi connectivity index (χ2v) is 4.49. The molecule has 0 bridgehead atoms. The lowest BCUT2D eigenvalue weighted by Gasteiger charge is -2.21. The molecule has 18 heavy (non-hydrogen) atoms. The third-order valence-electron chi connectivity index (χ3n) is 2.84. The highest BCUT2D eigenvalue weighted by atomic mass is 19.1. The summed E-state index contributed by atoms with van der Waals surface area (Å²) in [6.45, 7) is 10.0. The van der Waals surface area contributed by atoms with E-state index in [1.807, 2.05) is 0 Å². The van der Waals surface area contributed by atoms with Crippen molar-refractivity contribution < 1.29 is 9.18 Å². The topological polar surface area (TPSA) is 20.3 Å². The highest BCUT2D eigenvalue weighted by molar-refractivity contribution is 5.81. The molecule has 1 unspecified atom stereocenters. The Kier molecular flexibility index (Phi) is 10.3. The monoisotopic (exact) mass is 255 g/mol. The number of rotatable bonds is 11. The molecule has 0 spiro atoms. The van der Waals surface area contributed by atoms with Crippen molar-refractivity contribution in [2.75, 3.05) is 13.1 Å². The van der Waals surface area contributed by atoms with Gasteiger partial charge in [-0.05, 0) is 6.42 Å². The quantitative estimate of drug-likeness (QED) is 0.405. The summed E-state index contributed by atoms with van der Waals surface area (Å²) in [6, 6.07) is 0. The third kappa shape index (κ3) is 7.25. The molecule has 0 heterocycles. The van der Waals surface area contributed by atoms with E-state index in [1.165, 1.54) is 17.7 Å². The minimum absolute atomic E-state index is 0.327. The number of nitrogens with zero attached hydrogens (tertiary/aromatic N) is 1. The second-order valence-electron chi connectivity index (χ2n) is 4.49. The molecule has 0 saturated carbocycles. The highest BCUT2D eigenvalue weighted by Gasteiger charge is 2.21. The van der Waals surface area contributed by atoms with Crippen molar-refractivity contribution in [3.63, 3.8) is 0 Å². The molecule has 0 aromatic heterocycles. The van der Waals surface area contributed by atoms with Crippen LogP contribution in [0, 0.1) is 0 Å². The maximum Gasteiger partial charge on any atom is 0.257 e. The van der Waals surface area contributed by atoms with Gasteiger partial charge >= 0.3 is 0 Å². The van der Waals surface area contributed by atoms with Crippen molar-refractivity contribution in [2.24, 2.45) is 0 Å². The van der Waals surface area contributed by atoms with Crippen molar-refractivity contribution in [3.8, 4) is 0 Å². The SMILES string of the molecule is C=CCN(CC=C)C(=O)C(F)CCCCCCC. The first-order chi connectivity index (χ1) is 8.67. The van der Waals surface area contributed by atoms with Crippen molar-refractivity contribution in [2.45, 2.75) is 51.6 Å². The Hall–Kier alpha value is -1.12. The Bertz CT molecular complexity index is 243. The van der Waals surface area contributed by atoms with Gasteiger partial charge in [-0.1, -0.05) is 51.2 Å². The number of carbonyl (C=O) groups is 1. The summed E-state index contributed by atoms with van der Waals surface area (Å²) < 4.78 is 13.7. The number of alkyl halides is 1. The van der Waals surface area contributed by atoms with Crippen LogP contribution in [0.25, 0.3) is 0 Å². The van der Waals surface area contributed by atoms with E-state index in [9.17, 15) is 9.18 Å². The molecule has 1 amide bonds. The lowest BCUT2D eigenvalue weighted by molar-refractivity contribution is -0.135. The van der Waals surface area contributed by atoms with Crippen LogP contribution in [0.4, 0.5) is 4.39 Å². The summed E-state index contributed by atoms with van der Waals surface area (Å²) in [7, 11) is 0. The van der Waals surface area contributed by atoms with Crippen LogP contribution in [0.2, 0.25) is 0 Å². The van der Waals surface area contributed by atoms with Gasteiger partial charge < -0.3 is 4.90 Å². The van der Waals surface area contributed by atoms with Crippen LogP contribution in [-0.2, 0) is 4.79 Å². The van der Waals surface area contributed by atoms with Gasteiger partial charge in [0.15, 0.2) is 6.17 Å². The van der Waals surface area contributed by atoms with E-state index in [2.05, 4.69) is 20.1 Å². The largest absolute Gasteiger partial charge is 0.333 e. The predicted molar refractivity (Wildman–Crippen MR) is 75.2 cm³/mol. The van der Waals surface area contributed by atoms with Crippen molar-refractivity contribution in [1.29, 1.82) is 0 Å². The highest BCUT2D eigenvalue weighted by Crippen LogP contribution is 2.11. The van der Waals surface area contributed by atoms with Gasteiger partial charge in [0.25, 0.3) is 5.91 Å². The molecular weight excluding hydrogens is 229 g/mol. The molecule has 1 atom stereocenters. The normalized spacial score (nSPS) is 11.9. The minimum Gasteiger partial charge on any atom is -0.333 e. The first-order valence-electron chi connectivity index (χ1n) is 6.82. The first-order valence-corrected chi connectivity index (χ1v) is 6.82. The van der Waals surface area contributed by atoms with E-state index in [0.717, 1.165) is 19.3 Å². The summed E-state index contributed by atoms with van der Waals surface area (Å²) in [5.41, 5.74) is 0. The van der Waals surface area contributed by atoms with Crippen molar-refractivity contribution in [3.05, 3.63) is 25.3 Å². The molecule has 0 N–H and O–H groups in total. The Morgan fingerprint density at radius 3 is 2.22 bits per heavy atom. The van der Waals surface area contributed by atoms with Crippen molar-refractivity contribution in [1.82, 2.24) is 4.90 Å². The van der Waals surface area contributed by atoms with E-state index in [-0.39, 0.29) is 0 Å². The Labute approximate surface area is 111 Å². The minimum atomic E-state index is -1.38. The molecule has 0 rings (SSSR count). The molecule has 0 aromatic rings. The summed E-state index contributed by atoms with van der Waals surface area (Å²) >= 11 is 0. The lowest BCUT2D eigenvalue weighted by atomic mass is 10.1. The first kappa shape index (κ1) is 16.9. The lowest BCUT2D eigenvalue weighted by Crippen LogP contribution is -2.37. The molecule has 0 radical (unpaired) electrons. The van der Waals surface area contributed by atoms with Gasteiger partial charge in [-0.2, -0.15) is 0 Å². The second kappa shape index (κ2) is 11.0. The molecule has 0 saturated heterocycles. The summed E-state index contributed by atoms with van der Waals surface area (Å²) in [5.74, 6) is -0.440. The maximum atomic E-state index is 13.7. The fraction of sp³-hybridized carbons (Fsp3) is 0.667. The number of carbonyl (C=O) groups excluding carboxylic acids is 1. The van der Waals surface area contributed by atoms with Gasteiger partial charge in [-0.3, -0.25) is 4.79 Å². The standard InChI is InChI=1S/C15H26FNO/c1-4-7-8-9-10-11-14(16)15(18)17(12-5-2)13-6-3/h5-6,14H,2-4,7-13H2,1H3. The average molecular weight is 255 g/mol. The van der Waals surface area contributed by atoms with Gasteiger partial charge in [0.2, 0.25) is 0 Å². The van der Waals surface area contributed by atoms with E-state index < -0.39 is 12.1 Å². The molecular formula is C15H26FNO. The number of halogens is 1. The van der Waals surface area contributed by atoms with Crippen LogP contribution < -0.4 is 0 Å². The van der Waals surface area contributed by atoms with Gasteiger partial charge in [0.05, 0.1) is 0 Å². The van der Waals surface area contributed by atoms with Crippen LogP contribution >= 0.6 is 0 Å². The molecule has 0 aliphatic carbocycles. The molecule has 3 heteroatoms. The van der Waals surface area contributed by atoms with E-state index in [1.54, 1.807) is 12.2 Å². The van der Waals surface area contributed by atoms with E-state index in [4.69, 9.17) is 0 Å². The number of hydrogen-bond donors (Lipinski definition) is 0. The Balaban J connectivity index is 3.97. The fourth-order valence-electron chi connectivity index (χ4n) is 1.81. The molecule has 2 nitrogen and oxygen atoms in total. The van der Waals surface area contributed by atoms with E-state index >= 15 is 0 Å². The van der Waals surface area contributed by atoms with Crippen LogP contribution in [-0.4, -0.2) is 30.1 Å². The smallest absolute Gasteiger partial charge is 0.257 e. The van der Waals surface area contributed by atoms with Crippen LogP contribution in [0.15, 0.2) is 25.3 Å². The zero-order valence-electron chi connectivity index (χ0n) is 11.5. The Morgan fingerprint density at radius 2 is 1.72 bits per heavy atom. The zero-order valence-corrected chi connectivity index (χ0v) is 11.5. The predicted octanol–water partition coefficient (Wildman–Crippen LogP) is 3.89. The fourth-order valence-corrected chi connectivity index (χ4v) is 1.81. The Morgan fingerprint density at radius 1 is 1.17 bits per heavy atom. The van der Waals surface area contributed by atoms with Gasteiger partial charge in [0.1, 0.15) is 0 Å². The molecule has 0 aromatic carbocycles. The molecule has 0 fully saturated rings. The van der Waals surface area contributed by atoms with Gasteiger partial charge in [-0.15, -0.1) is 13.2 Å². The molecule has 0 aliphatic heterocycles. The van der Waals surface area contributed by atoms with Gasteiger partial charge in [-0.25, -0.2) is 4.39 Å². The average Bonchev–Trinajstić information content (AvgIpc) is 2.37. The summed E-state index contributed by atoms with van der Waals surface area (Å²) in [6.07, 6.45) is 7.42. The third-order valence-corrected chi connectivity index (χ3v) is 2.84. The number of unbranched alkanes of at least 4 members (excludes halogenated alkanes) is 4. The summed E-state index contributed by atoms with van der Waals surface area (Å²) in [4.78, 5) is 13.2.